The summed E-state index contributed by atoms with van der Waals surface area (Å²) in [7, 11) is 0. The molecule has 1 aromatic carbocycles. The summed E-state index contributed by atoms with van der Waals surface area (Å²) in [5.74, 6) is -0.278. The Balaban J connectivity index is 2.51. The summed E-state index contributed by atoms with van der Waals surface area (Å²) in [4.78, 5) is 3.92. The van der Waals surface area contributed by atoms with Crippen LogP contribution in [0.4, 0.5) is 10.2 Å². The molecule has 2 rings (SSSR count). The molecule has 0 saturated carbocycles. The van der Waals surface area contributed by atoms with Gasteiger partial charge in [0, 0.05) is 16.8 Å². The van der Waals surface area contributed by atoms with Crippen molar-refractivity contribution in [1.82, 2.24) is 4.98 Å². The van der Waals surface area contributed by atoms with Crippen LogP contribution in [0.25, 0.3) is 0 Å². The summed E-state index contributed by atoms with van der Waals surface area (Å²) < 4.78 is 13.3. The topological polar surface area (TPSA) is 59.1 Å². The molecular weight excluding hydrogens is 255 g/mol. The molecule has 1 heterocycles. The third-order valence-electron chi connectivity index (χ3n) is 2.71. The van der Waals surface area contributed by atoms with Crippen LogP contribution in [0.2, 0.25) is 5.02 Å². The molecule has 0 aliphatic carbocycles. The van der Waals surface area contributed by atoms with Gasteiger partial charge in [0.05, 0.1) is 0 Å². The SMILES string of the molecule is Cc1ccnc(N)c1C(O)c1cc(F)cc(Cl)c1. The van der Waals surface area contributed by atoms with Crippen molar-refractivity contribution in [3.05, 3.63) is 58.0 Å². The average molecular weight is 267 g/mol. The van der Waals surface area contributed by atoms with Crippen LogP contribution >= 0.6 is 11.6 Å². The van der Waals surface area contributed by atoms with Gasteiger partial charge in [-0.25, -0.2) is 9.37 Å². The molecule has 0 radical (unpaired) electrons. The van der Waals surface area contributed by atoms with Crippen LogP contribution in [0.1, 0.15) is 22.8 Å². The van der Waals surface area contributed by atoms with E-state index in [1.165, 1.54) is 18.2 Å². The maximum Gasteiger partial charge on any atom is 0.129 e. The molecule has 5 heteroatoms. The third-order valence-corrected chi connectivity index (χ3v) is 2.93. The highest BCUT2D eigenvalue weighted by Crippen LogP contribution is 2.30. The molecule has 1 unspecified atom stereocenters. The van der Waals surface area contributed by atoms with Crippen molar-refractivity contribution in [1.29, 1.82) is 0 Å². The van der Waals surface area contributed by atoms with Crippen LogP contribution in [-0.2, 0) is 0 Å². The molecule has 94 valence electrons. The minimum atomic E-state index is -1.05. The number of benzene rings is 1. The van der Waals surface area contributed by atoms with E-state index < -0.39 is 11.9 Å². The summed E-state index contributed by atoms with van der Waals surface area (Å²) in [5.41, 5.74) is 7.35. The number of pyridine rings is 1. The van der Waals surface area contributed by atoms with E-state index in [1.54, 1.807) is 19.2 Å². The number of aliphatic hydroxyl groups excluding tert-OH is 1. The van der Waals surface area contributed by atoms with Gasteiger partial charge in [0.2, 0.25) is 0 Å². The first kappa shape index (κ1) is 12.8. The van der Waals surface area contributed by atoms with Crippen molar-refractivity contribution in [2.75, 3.05) is 5.73 Å². The van der Waals surface area contributed by atoms with Crippen molar-refractivity contribution in [2.45, 2.75) is 13.0 Å². The summed E-state index contributed by atoms with van der Waals surface area (Å²) in [6.07, 6.45) is 0.506. The fourth-order valence-electron chi connectivity index (χ4n) is 1.85. The number of halogens is 2. The predicted molar refractivity (Wildman–Crippen MR) is 68.9 cm³/mol. The molecule has 18 heavy (non-hydrogen) atoms. The highest BCUT2D eigenvalue weighted by atomic mass is 35.5. The smallest absolute Gasteiger partial charge is 0.129 e. The number of hydrogen-bond donors (Lipinski definition) is 2. The number of aryl methyl sites for hydroxylation is 1. The molecule has 3 nitrogen and oxygen atoms in total. The zero-order chi connectivity index (χ0) is 13.3. The summed E-state index contributed by atoms with van der Waals surface area (Å²) >= 11 is 5.76. The zero-order valence-electron chi connectivity index (χ0n) is 9.69. The molecule has 0 saturated heterocycles. The molecule has 0 aliphatic rings. The Morgan fingerprint density at radius 1 is 1.39 bits per heavy atom. The number of nitrogens with zero attached hydrogens (tertiary/aromatic N) is 1. The van der Waals surface area contributed by atoms with Gasteiger partial charge in [0.25, 0.3) is 0 Å². The summed E-state index contributed by atoms with van der Waals surface area (Å²) in [5, 5.41) is 10.5. The minimum Gasteiger partial charge on any atom is -0.384 e. The lowest BCUT2D eigenvalue weighted by Gasteiger charge is -2.16. The summed E-state index contributed by atoms with van der Waals surface area (Å²) in [6.45, 7) is 1.80. The second-order valence-electron chi connectivity index (χ2n) is 4.03. The fourth-order valence-corrected chi connectivity index (χ4v) is 2.08. The molecule has 0 fully saturated rings. The van der Waals surface area contributed by atoms with Crippen LogP contribution in [0.5, 0.6) is 0 Å². The molecule has 0 amide bonds. The average Bonchev–Trinajstić information content (AvgIpc) is 2.27. The Kier molecular flexibility index (Phi) is 3.50. The van der Waals surface area contributed by atoms with E-state index in [1.807, 2.05) is 0 Å². The molecular formula is C13H12ClFN2O. The first-order valence-electron chi connectivity index (χ1n) is 5.34. The number of aliphatic hydroxyl groups is 1. The van der Waals surface area contributed by atoms with Crippen molar-refractivity contribution in [3.63, 3.8) is 0 Å². The Labute approximate surface area is 109 Å². The predicted octanol–water partition coefficient (Wildman–Crippen LogP) is 2.85. The lowest BCUT2D eigenvalue weighted by Crippen LogP contribution is -2.08. The first-order chi connectivity index (χ1) is 8.49. The highest BCUT2D eigenvalue weighted by Gasteiger charge is 2.17. The zero-order valence-corrected chi connectivity index (χ0v) is 10.4. The molecule has 3 N–H and O–H groups in total. The van der Waals surface area contributed by atoms with Gasteiger partial charge in [-0.1, -0.05) is 11.6 Å². The van der Waals surface area contributed by atoms with Gasteiger partial charge in [-0.3, -0.25) is 0 Å². The van der Waals surface area contributed by atoms with Crippen LogP contribution in [0, 0.1) is 12.7 Å². The van der Waals surface area contributed by atoms with Gasteiger partial charge < -0.3 is 10.8 Å². The van der Waals surface area contributed by atoms with Gasteiger partial charge in [0.15, 0.2) is 0 Å². The lowest BCUT2D eigenvalue weighted by atomic mass is 9.98. The first-order valence-corrected chi connectivity index (χ1v) is 5.72. The van der Waals surface area contributed by atoms with Crippen LogP contribution in [0.15, 0.2) is 30.5 Å². The van der Waals surface area contributed by atoms with E-state index in [4.69, 9.17) is 17.3 Å². The number of nitrogen functional groups attached to an aromatic ring is 1. The van der Waals surface area contributed by atoms with E-state index in [2.05, 4.69) is 4.98 Å². The molecule has 1 aromatic heterocycles. The maximum atomic E-state index is 13.3. The number of rotatable bonds is 2. The van der Waals surface area contributed by atoms with Crippen molar-refractivity contribution in [3.8, 4) is 0 Å². The van der Waals surface area contributed by atoms with Crippen molar-refractivity contribution >= 4 is 17.4 Å². The van der Waals surface area contributed by atoms with Crippen molar-refractivity contribution in [2.24, 2.45) is 0 Å². The second-order valence-corrected chi connectivity index (χ2v) is 4.47. The molecule has 0 aliphatic heterocycles. The van der Waals surface area contributed by atoms with Gasteiger partial charge >= 0.3 is 0 Å². The Morgan fingerprint density at radius 2 is 2.11 bits per heavy atom. The monoisotopic (exact) mass is 266 g/mol. The Morgan fingerprint density at radius 3 is 2.72 bits per heavy atom. The van der Waals surface area contributed by atoms with Crippen LogP contribution in [-0.4, -0.2) is 10.1 Å². The second kappa shape index (κ2) is 4.92. The van der Waals surface area contributed by atoms with E-state index >= 15 is 0 Å². The van der Waals surface area contributed by atoms with Crippen LogP contribution < -0.4 is 5.73 Å². The van der Waals surface area contributed by atoms with E-state index in [-0.39, 0.29) is 10.8 Å². The molecule has 0 spiro atoms. The lowest BCUT2D eigenvalue weighted by molar-refractivity contribution is 0.219. The summed E-state index contributed by atoms with van der Waals surface area (Å²) in [6, 6.07) is 5.64. The van der Waals surface area contributed by atoms with Crippen LogP contribution in [0.3, 0.4) is 0 Å². The highest BCUT2D eigenvalue weighted by molar-refractivity contribution is 6.30. The quantitative estimate of drug-likeness (QED) is 0.879. The Hall–Kier alpha value is -1.65. The van der Waals surface area contributed by atoms with E-state index in [0.29, 0.717) is 11.1 Å². The number of nitrogens with two attached hydrogens (primary N) is 1. The molecule has 0 bridgehead atoms. The van der Waals surface area contributed by atoms with Gasteiger partial charge in [-0.2, -0.15) is 0 Å². The number of anilines is 1. The minimum absolute atomic E-state index is 0.225. The van der Waals surface area contributed by atoms with E-state index in [0.717, 1.165) is 5.56 Å². The number of aromatic nitrogens is 1. The van der Waals surface area contributed by atoms with E-state index in [9.17, 15) is 9.50 Å². The normalized spacial score (nSPS) is 12.4. The fraction of sp³-hybridized carbons (Fsp3) is 0.154. The largest absolute Gasteiger partial charge is 0.384 e. The third kappa shape index (κ3) is 2.44. The van der Waals surface area contributed by atoms with Gasteiger partial charge in [-0.15, -0.1) is 0 Å². The van der Waals surface area contributed by atoms with Gasteiger partial charge in [-0.05, 0) is 42.3 Å². The van der Waals surface area contributed by atoms with Crippen molar-refractivity contribution < 1.29 is 9.50 Å². The number of hydrogen-bond acceptors (Lipinski definition) is 3. The molecule has 2 aromatic rings. The Bertz CT molecular complexity index is 549. The standard InChI is InChI=1S/C13H12ClFN2O/c1-7-2-3-17-13(16)11(7)12(18)8-4-9(14)6-10(15)5-8/h2-6,12,18H,1H3,(H2,16,17). The maximum absolute atomic E-state index is 13.3. The van der Waals surface area contributed by atoms with Gasteiger partial charge in [0.1, 0.15) is 17.7 Å². The molecule has 1 atom stereocenters.